The number of H-pyrrole nitrogens is 3. The summed E-state index contributed by atoms with van der Waals surface area (Å²) < 4.78 is 5.04. The average Bonchev–Trinajstić information content (AvgIpc) is 2.60. The van der Waals surface area contributed by atoms with E-state index in [9.17, 15) is 19.2 Å². The highest BCUT2D eigenvalue weighted by Gasteiger charge is 2.15. The van der Waals surface area contributed by atoms with E-state index < -0.39 is 22.7 Å². The van der Waals surface area contributed by atoms with Crippen molar-refractivity contribution < 1.29 is 9.53 Å². The third-order valence-electron chi connectivity index (χ3n) is 3.48. The van der Waals surface area contributed by atoms with Crippen LogP contribution in [0.4, 0.5) is 0 Å². The molecule has 3 rings (SSSR count). The molecule has 0 aliphatic heterocycles. The first kappa shape index (κ1) is 16.9. The van der Waals surface area contributed by atoms with Gasteiger partial charge in [-0.25, -0.2) is 10.2 Å². The lowest BCUT2D eigenvalue weighted by molar-refractivity contribution is 0.0956. The van der Waals surface area contributed by atoms with Crippen LogP contribution in [0.1, 0.15) is 15.9 Å². The summed E-state index contributed by atoms with van der Waals surface area (Å²) in [6.45, 7) is 0. The zero-order chi connectivity index (χ0) is 18.7. The first-order valence-electron chi connectivity index (χ1n) is 7.35. The molecule has 2 aromatic heterocycles. The summed E-state index contributed by atoms with van der Waals surface area (Å²) in [5.41, 5.74) is 0.330. The van der Waals surface area contributed by atoms with Gasteiger partial charge in [-0.15, -0.1) is 0 Å². The van der Waals surface area contributed by atoms with E-state index in [1.165, 1.54) is 6.21 Å². The van der Waals surface area contributed by atoms with Gasteiger partial charge in [-0.1, -0.05) is 0 Å². The van der Waals surface area contributed by atoms with Crippen molar-refractivity contribution in [2.45, 2.75) is 0 Å². The van der Waals surface area contributed by atoms with Crippen molar-refractivity contribution in [3.05, 3.63) is 72.7 Å². The number of aromatic amines is 3. The van der Waals surface area contributed by atoms with Crippen LogP contribution in [-0.4, -0.2) is 34.2 Å². The Kier molecular flexibility index (Phi) is 4.48. The maximum Gasteiger partial charge on any atom is 0.327 e. The Hall–Kier alpha value is -3.95. The first-order valence-corrected chi connectivity index (χ1v) is 7.35. The SMILES string of the molecule is COc1ccc(/C=N/NC(=O)c2cc(=O)[nH]c3[nH]c(=O)[nH]c(=O)c23)cc1. The molecule has 0 saturated heterocycles. The fourth-order valence-corrected chi connectivity index (χ4v) is 2.29. The molecule has 0 bridgehead atoms. The van der Waals surface area contributed by atoms with Crippen LogP contribution in [0.2, 0.25) is 0 Å². The van der Waals surface area contributed by atoms with Crippen LogP contribution in [0, 0.1) is 0 Å². The highest BCUT2D eigenvalue weighted by molar-refractivity contribution is 6.05. The molecule has 0 aliphatic rings. The summed E-state index contributed by atoms with van der Waals surface area (Å²) in [7, 11) is 1.55. The van der Waals surface area contributed by atoms with Gasteiger partial charge in [-0.2, -0.15) is 5.10 Å². The number of hydrogen-bond donors (Lipinski definition) is 4. The van der Waals surface area contributed by atoms with Gasteiger partial charge >= 0.3 is 5.69 Å². The second-order valence-electron chi connectivity index (χ2n) is 5.18. The number of rotatable bonds is 4. The maximum absolute atomic E-state index is 12.3. The van der Waals surface area contributed by atoms with Gasteiger partial charge in [-0.05, 0) is 29.8 Å². The van der Waals surface area contributed by atoms with Gasteiger partial charge in [0.1, 0.15) is 11.4 Å². The van der Waals surface area contributed by atoms with Crippen LogP contribution in [0.3, 0.4) is 0 Å². The number of nitrogens with zero attached hydrogens (tertiary/aromatic N) is 1. The second-order valence-corrected chi connectivity index (χ2v) is 5.18. The third kappa shape index (κ3) is 3.43. The number of nitrogens with one attached hydrogen (secondary N) is 4. The molecule has 0 spiro atoms. The first-order chi connectivity index (χ1) is 12.5. The lowest BCUT2D eigenvalue weighted by atomic mass is 10.1. The number of hydrogen-bond acceptors (Lipinski definition) is 6. The molecule has 2 heterocycles. The molecule has 0 fully saturated rings. The zero-order valence-electron chi connectivity index (χ0n) is 13.5. The summed E-state index contributed by atoms with van der Waals surface area (Å²) in [5, 5.41) is 3.64. The van der Waals surface area contributed by atoms with Crippen molar-refractivity contribution in [1.29, 1.82) is 0 Å². The molecule has 3 aromatic rings. The Balaban J connectivity index is 1.90. The molecule has 0 radical (unpaired) electrons. The van der Waals surface area contributed by atoms with E-state index in [0.29, 0.717) is 11.3 Å². The highest BCUT2D eigenvalue weighted by Crippen LogP contribution is 2.10. The Morgan fingerprint density at radius 2 is 1.85 bits per heavy atom. The number of amides is 1. The van der Waals surface area contributed by atoms with Crippen LogP contribution in [0.5, 0.6) is 5.75 Å². The molecule has 1 aromatic carbocycles. The number of methoxy groups -OCH3 is 1. The summed E-state index contributed by atoms with van der Waals surface area (Å²) in [4.78, 5) is 53.8. The number of pyridine rings is 1. The van der Waals surface area contributed by atoms with Crippen LogP contribution >= 0.6 is 0 Å². The van der Waals surface area contributed by atoms with Gasteiger partial charge in [0.2, 0.25) is 5.56 Å². The molecule has 0 saturated carbocycles. The lowest BCUT2D eigenvalue weighted by Crippen LogP contribution is -2.28. The quantitative estimate of drug-likeness (QED) is 0.374. The predicted molar refractivity (Wildman–Crippen MR) is 93.9 cm³/mol. The maximum atomic E-state index is 12.3. The minimum Gasteiger partial charge on any atom is -0.497 e. The monoisotopic (exact) mass is 355 g/mol. The molecule has 0 atom stereocenters. The van der Waals surface area contributed by atoms with Crippen molar-refractivity contribution >= 4 is 23.2 Å². The Labute approximate surface area is 144 Å². The fourth-order valence-electron chi connectivity index (χ4n) is 2.29. The van der Waals surface area contributed by atoms with E-state index in [-0.39, 0.29) is 16.6 Å². The Morgan fingerprint density at radius 3 is 2.54 bits per heavy atom. The molecule has 4 N–H and O–H groups in total. The minimum absolute atomic E-state index is 0.143. The Morgan fingerprint density at radius 1 is 1.12 bits per heavy atom. The summed E-state index contributed by atoms with van der Waals surface area (Å²) in [5.74, 6) is -0.0993. The second kappa shape index (κ2) is 6.89. The van der Waals surface area contributed by atoms with Crippen molar-refractivity contribution in [3.8, 4) is 5.75 Å². The smallest absolute Gasteiger partial charge is 0.327 e. The van der Waals surface area contributed by atoms with Gasteiger partial charge < -0.3 is 9.72 Å². The molecular weight excluding hydrogens is 342 g/mol. The number of ether oxygens (including phenoxy) is 1. The van der Waals surface area contributed by atoms with Crippen LogP contribution in [-0.2, 0) is 0 Å². The molecule has 10 heteroatoms. The number of hydrazone groups is 1. The van der Waals surface area contributed by atoms with E-state index in [0.717, 1.165) is 6.07 Å². The average molecular weight is 355 g/mol. The van der Waals surface area contributed by atoms with E-state index in [1.54, 1.807) is 31.4 Å². The normalized spacial score (nSPS) is 11.0. The molecule has 1 amide bonds. The van der Waals surface area contributed by atoms with Crippen LogP contribution in [0.15, 0.2) is 49.8 Å². The highest BCUT2D eigenvalue weighted by atomic mass is 16.5. The minimum atomic E-state index is -0.802. The number of carbonyl (C=O) groups excluding carboxylic acids is 1. The lowest BCUT2D eigenvalue weighted by Gasteiger charge is -2.03. The largest absolute Gasteiger partial charge is 0.497 e. The summed E-state index contributed by atoms with van der Waals surface area (Å²) >= 11 is 0. The predicted octanol–water partition coefficient (Wildman–Crippen LogP) is -0.323. The van der Waals surface area contributed by atoms with Crippen molar-refractivity contribution in [1.82, 2.24) is 20.4 Å². The Bertz CT molecular complexity index is 1170. The topological polar surface area (TPSA) is 149 Å². The van der Waals surface area contributed by atoms with Crippen molar-refractivity contribution in [3.63, 3.8) is 0 Å². The summed E-state index contributed by atoms with van der Waals surface area (Å²) in [6, 6.07) is 7.86. The van der Waals surface area contributed by atoms with Gasteiger partial charge in [0.05, 0.1) is 24.3 Å². The summed E-state index contributed by atoms with van der Waals surface area (Å²) in [6.07, 6.45) is 1.39. The van der Waals surface area contributed by atoms with Crippen molar-refractivity contribution in [2.75, 3.05) is 7.11 Å². The van der Waals surface area contributed by atoms with Gasteiger partial charge in [-0.3, -0.25) is 24.4 Å². The number of carbonyl (C=O) groups is 1. The van der Waals surface area contributed by atoms with Crippen molar-refractivity contribution in [2.24, 2.45) is 5.10 Å². The number of benzene rings is 1. The molecule has 132 valence electrons. The zero-order valence-corrected chi connectivity index (χ0v) is 13.5. The van der Waals surface area contributed by atoms with Gasteiger partial charge in [0.25, 0.3) is 11.5 Å². The van der Waals surface area contributed by atoms with E-state index in [4.69, 9.17) is 4.74 Å². The fraction of sp³-hybridized carbons (Fsp3) is 0.0625. The molecule has 0 unspecified atom stereocenters. The third-order valence-corrected chi connectivity index (χ3v) is 3.48. The number of aromatic nitrogens is 3. The van der Waals surface area contributed by atoms with Gasteiger partial charge in [0.15, 0.2) is 0 Å². The standard InChI is InChI=1S/C16H13N5O5/c1-26-9-4-2-8(3-5-9)7-17-21-14(23)10-6-11(22)18-13-12(10)15(24)20-16(25)19-13/h2-7H,1H3,(H,21,23)(H3,18,19,20,22,24,25)/b17-7+. The van der Waals surface area contributed by atoms with Crippen LogP contribution < -0.4 is 27.0 Å². The molecule has 10 nitrogen and oxygen atoms in total. The van der Waals surface area contributed by atoms with E-state index in [1.807, 2.05) is 4.98 Å². The van der Waals surface area contributed by atoms with Crippen LogP contribution in [0.25, 0.3) is 11.0 Å². The van der Waals surface area contributed by atoms with E-state index >= 15 is 0 Å². The number of fused-ring (bicyclic) bond motifs is 1. The van der Waals surface area contributed by atoms with Gasteiger partial charge in [0, 0.05) is 6.07 Å². The molecule has 26 heavy (non-hydrogen) atoms. The molecule has 0 aliphatic carbocycles. The molecular formula is C16H13N5O5. The van der Waals surface area contributed by atoms with E-state index in [2.05, 4.69) is 20.5 Å².